The summed E-state index contributed by atoms with van der Waals surface area (Å²) in [5.41, 5.74) is 1.14. The molecule has 1 aliphatic heterocycles. The molecule has 0 saturated carbocycles. The molecule has 3 atom stereocenters. The summed E-state index contributed by atoms with van der Waals surface area (Å²) in [5.74, 6) is -1.90. The van der Waals surface area contributed by atoms with Crippen LogP contribution in [0.1, 0.15) is 44.5 Å². The third-order valence-corrected chi connectivity index (χ3v) is 6.69. The Labute approximate surface area is 232 Å². The number of hydrogen-bond donors (Lipinski definition) is 3. The van der Waals surface area contributed by atoms with Crippen LogP contribution in [0, 0.1) is 12.8 Å². The number of ketones is 1. The maximum Gasteiger partial charge on any atom is 0.305 e. The van der Waals surface area contributed by atoms with Crippen LogP contribution in [0.2, 0.25) is 0 Å². The Balaban J connectivity index is 1.70. The third kappa shape index (κ3) is 8.09. The molecule has 0 unspecified atom stereocenters. The molecular weight excluding hydrogens is 522 g/mol. The first kappa shape index (κ1) is 30.7. The standard InChI is InChI=1S/C27H37N5O8/c1-15(2)25(26(37)29-19(13-24(35)36)20(33)14-32-10-6-7-23(32)39-5)30-22(34)12-18-11-17(8-9-21(18)38-4)27-28-16(3)31-40-27/h8-9,11,15,19,23,25H,6-7,10,12-14H2,1-5H3,(H,29,37)(H,30,34)(H,35,36)/t19-,23+,25-/m0/s1. The molecule has 13 heteroatoms. The van der Waals surface area contributed by atoms with Crippen LogP contribution >= 0.6 is 0 Å². The average molecular weight is 560 g/mol. The summed E-state index contributed by atoms with van der Waals surface area (Å²) in [6.07, 6.45) is 0.695. The second-order valence-corrected chi connectivity index (χ2v) is 10.1. The first-order chi connectivity index (χ1) is 19.0. The maximum absolute atomic E-state index is 13.2. The highest BCUT2D eigenvalue weighted by Crippen LogP contribution is 2.26. The van der Waals surface area contributed by atoms with Crippen molar-refractivity contribution in [1.29, 1.82) is 0 Å². The number of carboxylic acid groups (broad SMARTS) is 1. The Morgan fingerprint density at radius 1 is 1.20 bits per heavy atom. The number of amides is 2. The Bertz CT molecular complexity index is 1210. The lowest BCUT2D eigenvalue weighted by atomic mass is 10.0. The summed E-state index contributed by atoms with van der Waals surface area (Å²) in [6, 6.07) is 2.84. The summed E-state index contributed by atoms with van der Waals surface area (Å²) in [6.45, 7) is 5.76. The van der Waals surface area contributed by atoms with E-state index >= 15 is 0 Å². The number of carbonyl (C=O) groups is 4. The predicted octanol–water partition coefficient (Wildman–Crippen LogP) is 1.33. The molecule has 0 bridgehead atoms. The molecule has 0 aliphatic carbocycles. The van der Waals surface area contributed by atoms with Crippen LogP contribution in [0.4, 0.5) is 0 Å². The number of ether oxygens (including phenoxy) is 2. The molecular formula is C27H37N5O8. The molecule has 0 spiro atoms. The van der Waals surface area contributed by atoms with Crippen molar-refractivity contribution in [2.75, 3.05) is 27.3 Å². The molecule has 40 heavy (non-hydrogen) atoms. The number of nitrogens with zero attached hydrogens (tertiary/aromatic N) is 3. The van der Waals surface area contributed by atoms with Crippen LogP contribution in [-0.4, -0.2) is 89.3 Å². The smallest absolute Gasteiger partial charge is 0.305 e. The van der Waals surface area contributed by atoms with Crippen LogP contribution in [0.15, 0.2) is 22.7 Å². The molecule has 3 rings (SSSR count). The van der Waals surface area contributed by atoms with Crippen molar-refractivity contribution in [2.45, 2.75) is 64.8 Å². The first-order valence-corrected chi connectivity index (χ1v) is 13.1. The van der Waals surface area contributed by atoms with Gasteiger partial charge in [-0.2, -0.15) is 4.98 Å². The number of likely N-dealkylation sites (tertiary alicyclic amines) is 1. The SMILES string of the molecule is COc1ccc(-c2nc(C)no2)cc1CC(=O)N[C@H](C(=O)N[C@@H](CC(=O)O)C(=O)CN1CCC[C@H]1OC)C(C)C. The van der Waals surface area contributed by atoms with E-state index in [1.165, 1.54) is 7.11 Å². The molecule has 0 radical (unpaired) electrons. The van der Waals surface area contributed by atoms with Crippen LogP contribution in [0.5, 0.6) is 5.75 Å². The van der Waals surface area contributed by atoms with Gasteiger partial charge >= 0.3 is 5.97 Å². The molecule has 3 N–H and O–H groups in total. The van der Waals surface area contributed by atoms with Gasteiger partial charge in [-0.05, 0) is 43.9 Å². The topological polar surface area (TPSA) is 173 Å². The van der Waals surface area contributed by atoms with E-state index in [2.05, 4.69) is 20.8 Å². The number of aliphatic carboxylic acids is 1. The fraction of sp³-hybridized carbons (Fsp3) is 0.556. The lowest BCUT2D eigenvalue weighted by Crippen LogP contribution is -2.55. The maximum atomic E-state index is 13.2. The van der Waals surface area contributed by atoms with Crippen molar-refractivity contribution in [3.8, 4) is 17.2 Å². The highest BCUT2D eigenvalue weighted by atomic mass is 16.5. The number of Topliss-reactive ketones (excluding diaryl/α,β-unsaturated/α-hetero) is 1. The normalized spacial score (nSPS) is 16.9. The summed E-state index contributed by atoms with van der Waals surface area (Å²) in [7, 11) is 3.03. The van der Waals surface area contributed by atoms with E-state index in [0.717, 1.165) is 12.8 Å². The van der Waals surface area contributed by atoms with E-state index in [4.69, 9.17) is 14.0 Å². The minimum atomic E-state index is -1.25. The second-order valence-electron chi connectivity index (χ2n) is 10.1. The van der Waals surface area contributed by atoms with Gasteiger partial charge < -0.3 is 29.7 Å². The van der Waals surface area contributed by atoms with Gasteiger partial charge in [-0.25, -0.2) is 0 Å². The molecule has 1 fully saturated rings. The second kappa shape index (κ2) is 14.0. The number of nitrogens with one attached hydrogen (secondary N) is 2. The number of aromatic nitrogens is 2. The molecule has 1 saturated heterocycles. The van der Waals surface area contributed by atoms with Crippen molar-refractivity contribution in [3.05, 3.63) is 29.6 Å². The quantitative estimate of drug-likeness (QED) is 0.305. The first-order valence-electron chi connectivity index (χ1n) is 13.1. The zero-order valence-corrected chi connectivity index (χ0v) is 23.4. The summed E-state index contributed by atoms with van der Waals surface area (Å²) >= 11 is 0. The fourth-order valence-corrected chi connectivity index (χ4v) is 4.63. The number of benzene rings is 1. The van der Waals surface area contributed by atoms with E-state index < -0.39 is 42.1 Å². The van der Waals surface area contributed by atoms with Gasteiger partial charge in [0.2, 0.25) is 11.8 Å². The van der Waals surface area contributed by atoms with Crippen molar-refractivity contribution in [3.63, 3.8) is 0 Å². The number of carboxylic acids is 1. The minimum absolute atomic E-state index is 0.0505. The monoisotopic (exact) mass is 559 g/mol. The lowest BCUT2D eigenvalue weighted by molar-refractivity contribution is -0.141. The predicted molar refractivity (Wildman–Crippen MR) is 142 cm³/mol. The van der Waals surface area contributed by atoms with Gasteiger partial charge in [0.25, 0.3) is 5.89 Å². The van der Waals surface area contributed by atoms with Gasteiger partial charge in [-0.15, -0.1) is 0 Å². The minimum Gasteiger partial charge on any atom is -0.496 e. The molecule has 2 aromatic rings. The van der Waals surface area contributed by atoms with E-state index in [-0.39, 0.29) is 25.1 Å². The largest absolute Gasteiger partial charge is 0.496 e. The van der Waals surface area contributed by atoms with Crippen molar-refractivity contribution >= 4 is 23.6 Å². The van der Waals surface area contributed by atoms with E-state index in [0.29, 0.717) is 35.1 Å². The molecule has 1 aromatic carbocycles. The zero-order valence-electron chi connectivity index (χ0n) is 23.4. The highest BCUT2D eigenvalue weighted by molar-refractivity contribution is 5.95. The molecule has 218 valence electrons. The summed E-state index contributed by atoms with van der Waals surface area (Å²) in [4.78, 5) is 56.8. The van der Waals surface area contributed by atoms with Crippen LogP contribution < -0.4 is 15.4 Å². The Morgan fingerprint density at radius 2 is 1.95 bits per heavy atom. The van der Waals surface area contributed by atoms with E-state index in [1.807, 2.05) is 4.90 Å². The fourth-order valence-electron chi connectivity index (χ4n) is 4.63. The number of rotatable bonds is 14. The number of methoxy groups -OCH3 is 2. The molecule has 1 aromatic heterocycles. The van der Waals surface area contributed by atoms with E-state index in [9.17, 15) is 24.3 Å². The molecule has 2 amide bonds. The summed E-state index contributed by atoms with van der Waals surface area (Å²) < 4.78 is 16.0. The van der Waals surface area contributed by atoms with Crippen LogP contribution in [0.3, 0.4) is 0 Å². The average Bonchev–Trinajstić information content (AvgIpc) is 3.54. The molecule has 2 heterocycles. The molecule has 13 nitrogen and oxygen atoms in total. The van der Waals surface area contributed by atoms with Crippen LogP contribution in [-0.2, 0) is 30.3 Å². The van der Waals surface area contributed by atoms with Gasteiger partial charge in [0, 0.05) is 24.8 Å². The highest BCUT2D eigenvalue weighted by Gasteiger charge is 2.33. The third-order valence-electron chi connectivity index (χ3n) is 6.69. The van der Waals surface area contributed by atoms with Gasteiger partial charge in [0.15, 0.2) is 11.6 Å². The van der Waals surface area contributed by atoms with Crippen molar-refractivity contribution < 1.29 is 38.3 Å². The Hall–Kier alpha value is -3.84. The Kier molecular flexibility index (Phi) is 10.7. The number of hydrogen-bond acceptors (Lipinski definition) is 10. The van der Waals surface area contributed by atoms with Crippen molar-refractivity contribution in [1.82, 2.24) is 25.7 Å². The van der Waals surface area contributed by atoms with Gasteiger partial charge in [-0.3, -0.25) is 24.1 Å². The lowest BCUT2D eigenvalue weighted by Gasteiger charge is -2.27. The zero-order chi connectivity index (χ0) is 29.4. The number of carbonyl (C=O) groups excluding carboxylic acids is 3. The number of aryl methyl sites for hydroxylation is 1. The van der Waals surface area contributed by atoms with E-state index in [1.54, 1.807) is 46.1 Å². The Morgan fingerprint density at radius 3 is 2.55 bits per heavy atom. The van der Waals surface area contributed by atoms with Gasteiger partial charge in [-0.1, -0.05) is 19.0 Å². The van der Waals surface area contributed by atoms with Gasteiger partial charge in [0.05, 0.1) is 32.5 Å². The van der Waals surface area contributed by atoms with Gasteiger partial charge in [0.1, 0.15) is 18.0 Å². The molecule has 1 aliphatic rings. The van der Waals surface area contributed by atoms with Crippen LogP contribution in [0.25, 0.3) is 11.5 Å². The van der Waals surface area contributed by atoms with Crippen molar-refractivity contribution in [2.24, 2.45) is 5.92 Å². The summed E-state index contributed by atoms with van der Waals surface area (Å²) in [5, 5.41) is 18.4.